The smallest absolute Gasteiger partial charge is 0.0417 e. The lowest BCUT2D eigenvalue weighted by atomic mass is 10.0. The first kappa shape index (κ1) is 12.9. The van der Waals surface area contributed by atoms with Gasteiger partial charge in [0.2, 0.25) is 0 Å². The third kappa shape index (κ3) is 2.43. The van der Waals surface area contributed by atoms with E-state index < -0.39 is 0 Å². The lowest BCUT2D eigenvalue weighted by molar-refractivity contribution is 0.579. The Bertz CT molecular complexity index is 596. The van der Waals surface area contributed by atoms with Crippen LogP contribution >= 0.6 is 23.1 Å². The Labute approximate surface area is 128 Å². The average molecular weight is 301 g/mol. The van der Waals surface area contributed by atoms with E-state index in [9.17, 15) is 0 Å². The van der Waals surface area contributed by atoms with Crippen LogP contribution in [0.4, 0.5) is 0 Å². The van der Waals surface area contributed by atoms with E-state index in [1.54, 1.807) is 10.4 Å². The lowest BCUT2D eigenvalue weighted by Crippen LogP contribution is -2.25. The summed E-state index contributed by atoms with van der Waals surface area (Å²) in [5.41, 5.74) is 4.63. The summed E-state index contributed by atoms with van der Waals surface area (Å²) in [5, 5.41) is 3.77. The highest BCUT2D eigenvalue weighted by Crippen LogP contribution is 2.33. The van der Waals surface area contributed by atoms with E-state index in [2.05, 4.69) is 35.6 Å². The standard InChI is InChI=1S/C17H19NS2/c1-2-6-15-13(4-1)10-19-11-16(15)18-9-14-8-12-5-3-7-17(12)20-14/h1-2,4,6,8,16,18H,3,5,7,9-11H2. The summed E-state index contributed by atoms with van der Waals surface area (Å²) in [6, 6.07) is 11.8. The Morgan fingerprint density at radius 3 is 3.05 bits per heavy atom. The van der Waals surface area contributed by atoms with Gasteiger partial charge in [-0.05, 0) is 42.0 Å². The summed E-state index contributed by atoms with van der Waals surface area (Å²) in [5.74, 6) is 2.36. The molecule has 3 heteroatoms. The van der Waals surface area contributed by atoms with E-state index in [1.165, 1.54) is 46.8 Å². The molecule has 1 N–H and O–H groups in total. The number of thiophene rings is 1. The fraction of sp³-hybridized carbons (Fsp3) is 0.412. The van der Waals surface area contributed by atoms with Gasteiger partial charge in [-0.2, -0.15) is 11.8 Å². The van der Waals surface area contributed by atoms with E-state index in [0.29, 0.717) is 6.04 Å². The molecule has 1 aliphatic heterocycles. The largest absolute Gasteiger partial charge is 0.304 e. The molecule has 0 bridgehead atoms. The first-order valence-corrected chi connectivity index (χ1v) is 9.36. The fourth-order valence-corrected chi connectivity index (χ4v) is 5.60. The van der Waals surface area contributed by atoms with E-state index in [0.717, 1.165) is 6.54 Å². The number of aryl methyl sites for hydroxylation is 2. The van der Waals surface area contributed by atoms with Crippen molar-refractivity contribution in [3.8, 4) is 0 Å². The molecule has 20 heavy (non-hydrogen) atoms. The third-order valence-corrected chi connectivity index (χ3v) is 6.61. The third-order valence-electron chi connectivity index (χ3n) is 4.29. The van der Waals surface area contributed by atoms with Crippen LogP contribution in [0.1, 0.15) is 38.9 Å². The van der Waals surface area contributed by atoms with Gasteiger partial charge < -0.3 is 5.32 Å². The van der Waals surface area contributed by atoms with Crippen LogP contribution in [0.15, 0.2) is 30.3 Å². The van der Waals surface area contributed by atoms with Crippen molar-refractivity contribution >= 4 is 23.1 Å². The Morgan fingerprint density at radius 2 is 2.10 bits per heavy atom. The summed E-state index contributed by atoms with van der Waals surface area (Å²) in [4.78, 5) is 3.16. The van der Waals surface area contributed by atoms with Crippen LogP contribution in [0.25, 0.3) is 0 Å². The molecular weight excluding hydrogens is 282 g/mol. The zero-order valence-corrected chi connectivity index (χ0v) is 13.2. The molecule has 2 heterocycles. The SMILES string of the molecule is c1ccc2c(c1)CSCC2NCc1cc2c(s1)CCC2. The van der Waals surface area contributed by atoms with Crippen LogP contribution in [-0.2, 0) is 25.1 Å². The van der Waals surface area contributed by atoms with Crippen molar-refractivity contribution in [2.75, 3.05) is 5.75 Å². The molecule has 2 aliphatic rings. The van der Waals surface area contributed by atoms with Gasteiger partial charge in [0.05, 0.1) is 0 Å². The fourth-order valence-electron chi connectivity index (χ4n) is 3.25. The number of benzene rings is 1. The van der Waals surface area contributed by atoms with Gasteiger partial charge >= 0.3 is 0 Å². The van der Waals surface area contributed by atoms with Crippen molar-refractivity contribution in [3.63, 3.8) is 0 Å². The van der Waals surface area contributed by atoms with E-state index in [4.69, 9.17) is 0 Å². The van der Waals surface area contributed by atoms with Crippen LogP contribution in [-0.4, -0.2) is 5.75 Å². The Balaban J connectivity index is 1.47. The lowest BCUT2D eigenvalue weighted by Gasteiger charge is -2.26. The van der Waals surface area contributed by atoms with Crippen molar-refractivity contribution < 1.29 is 0 Å². The van der Waals surface area contributed by atoms with Crippen LogP contribution < -0.4 is 5.32 Å². The van der Waals surface area contributed by atoms with Crippen molar-refractivity contribution in [2.24, 2.45) is 0 Å². The average Bonchev–Trinajstić information content (AvgIpc) is 3.06. The molecule has 1 aromatic heterocycles. The number of nitrogens with one attached hydrogen (secondary N) is 1. The van der Waals surface area contributed by atoms with Gasteiger partial charge in [0.25, 0.3) is 0 Å². The molecule has 1 nitrogen and oxygen atoms in total. The summed E-state index contributed by atoms with van der Waals surface area (Å²) in [6.45, 7) is 1.03. The van der Waals surface area contributed by atoms with E-state index in [1.807, 2.05) is 23.1 Å². The van der Waals surface area contributed by atoms with Gasteiger partial charge in [-0.15, -0.1) is 11.3 Å². The van der Waals surface area contributed by atoms with Crippen LogP contribution in [0.5, 0.6) is 0 Å². The quantitative estimate of drug-likeness (QED) is 0.906. The van der Waals surface area contributed by atoms with Gasteiger partial charge in [0.1, 0.15) is 0 Å². The molecule has 2 aromatic rings. The van der Waals surface area contributed by atoms with Crippen molar-refractivity contribution in [2.45, 2.75) is 37.6 Å². The molecule has 0 fully saturated rings. The zero-order chi connectivity index (χ0) is 13.4. The second-order valence-electron chi connectivity index (χ2n) is 5.66. The highest BCUT2D eigenvalue weighted by Gasteiger charge is 2.20. The number of fused-ring (bicyclic) bond motifs is 2. The highest BCUT2D eigenvalue weighted by atomic mass is 32.2. The van der Waals surface area contributed by atoms with E-state index >= 15 is 0 Å². The second-order valence-corrected chi connectivity index (χ2v) is 7.91. The molecule has 4 rings (SSSR count). The molecule has 0 saturated heterocycles. The normalized spacial score (nSPS) is 20.7. The van der Waals surface area contributed by atoms with Gasteiger partial charge in [0.15, 0.2) is 0 Å². The maximum atomic E-state index is 3.77. The Hall–Kier alpha value is -0.770. The molecular formula is C17H19NS2. The van der Waals surface area contributed by atoms with Crippen molar-refractivity contribution in [1.29, 1.82) is 0 Å². The van der Waals surface area contributed by atoms with Gasteiger partial charge in [-0.25, -0.2) is 0 Å². The summed E-state index contributed by atoms with van der Waals surface area (Å²) >= 11 is 4.07. The minimum Gasteiger partial charge on any atom is -0.304 e. The summed E-state index contributed by atoms with van der Waals surface area (Å²) in [7, 11) is 0. The zero-order valence-electron chi connectivity index (χ0n) is 11.5. The Kier molecular flexibility index (Phi) is 3.59. The van der Waals surface area contributed by atoms with E-state index in [-0.39, 0.29) is 0 Å². The predicted octanol–water partition coefficient (Wildman–Crippen LogP) is 4.31. The number of hydrogen-bond acceptors (Lipinski definition) is 3. The molecule has 0 radical (unpaired) electrons. The first-order chi connectivity index (χ1) is 9.90. The molecule has 0 amide bonds. The monoisotopic (exact) mass is 301 g/mol. The summed E-state index contributed by atoms with van der Waals surface area (Å²) in [6.07, 6.45) is 3.97. The van der Waals surface area contributed by atoms with Crippen LogP contribution in [0, 0.1) is 0 Å². The van der Waals surface area contributed by atoms with Crippen LogP contribution in [0.2, 0.25) is 0 Å². The number of thioether (sulfide) groups is 1. The van der Waals surface area contributed by atoms with Crippen molar-refractivity contribution in [1.82, 2.24) is 5.32 Å². The minimum atomic E-state index is 0.516. The number of hydrogen-bond donors (Lipinski definition) is 1. The first-order valence-electron chi connectivity index (χ1n) is 7.39. The predicted molar refractivity (Wildman–Crippen MR) is 88.5 cm³/mol. The van der Waals surface area contributed by atoms with Gasteiger partial charge in [-0.1, -0.05) is 24.3 Å². The highest BCUT2D eigenvalue weighted by molar-refractivity contribution is 7.98. The molecule has 1 atom stereocenters. The Morgan fingerprint density at radius 1 is 1.15 bits per heavy atom. The van der Waals surface area contributed by atoms with Crippen molar-refractivity contribution in [3.05, 3.63) is 56.8 Å². The van der Waals surface area contributed by atoms with Gasteiger partial charge in [-0.3, -0.25) is 0 Å². The minimum absolute atomic E-state index is 0.516. The molecule has 0 saturated carbocycles. The van der Waals surface area contributed by atoms with Gasteiger partial charge in [0, 0.05) is 33.8 Å². The molecule has 1 aliphatic carbocycles. The number of rotatable bonds is 3. The molecule has 0 spiro atoms. The van der Waals surface area contributed by atoms with Crippen LogP contribution in [0.3, 0.4) is 0 Å². The summed E-state index contributed by atoms with van der Waals surface area (Å²) < 4.78 is 0. The maximum absolute atomic E-state index is 3.77. The second kappa shape index (κ2) is 5.55. The maximum Gasteiger partial charge on any atom is 0.0417 e. The topological polar surface area (TPSA) is 12.0 Å². The molecule has 1 unspecified atom stereocenters. The molecule has 104 valence electrons. The molecule has 1 aromatic carbocycles.